The van der Waals surface area contributed by atoms with E-state index in [4.69, 9.17) is 5.10 Å². The lowest BCUT2D eigenvalue weighted by Crippen LogP contribution is -2.36. The smallest absolute Gasteiger partial charge is 0.361 e. The number of H-pyrrole nitrogens is 1. The molecule has 6 rings (SSSR count). The Morgan fingerprint density at radius 2 is 1.65 bits per heavy atom. The molecule has 0 amide bonds. The second kappa shape index (κ2) is 10.4. The van der Waals surface area contributed by atoms with Gasteiger partial charge in [0.25, 0.3) is 0 Å². The van der Waals surface area contributed by atoms with Crippen molar-refractivity contribution in [2.45, 2.75) is 79.2 Å². The van der Waals surface area contributed by atoms with E-state index in [1.54, 1.807) is 26.0 Å². The Hall–Kier alpha value is -3.91. The predicted octanol–water partition coefficient (Wildman–Crippen LogP) is 9.17. The van der Waals surface area contributed by atoms with Gasteiger partial charge >= 0.3 is 6.18 Å². The van der Waals surface area contributed by atoms with Crippen LogP contribution in [0.2, 0.25) is 0 Å². The molecule has 3 aromatic carbocycles. The van der Waals surface area contributed by atoms with Gasteiger partial charge in [0.05, 0.1) is 33.7 Å². The van der Waals surface area contributed by atoms with Crippen molar-refractivity contribution in [1.82, 2.24) is 19.7 Å². The first-order chi connectivity index (χ1) is 20.4. The number of rotatable bonds is 6. The van der Waals surface area contributed by atoms with E-state index in [0.29, 0.717) is 24.2 Å². The highest BCUT2D eigenvalue weighted by Crippen LogP contribution is 2.47. The number of halogens is 4. The van der Waals surface area contributed by atoms with Gasteiger partial charge in [-0.1, -0.05) is 38.1 Å². The highest BCUT2D eigenvalue weighted by atomic mass is 19.4. The molecule has 0 spiro atoms. The van der Waals surface area contributed by atoms with E-state index >= 15 is 4.39 Å². The molecule has 3 heterocycles. The molecule has 0 aliphatic carbocycles. The van der Waals surface area contributed by atoms with Gasteiger partial charge < -0.3 is 4.98 Å². The van der Waals surface area contributed by atoms with Gasteiger partial charge in [-0.2, -0.15) is 18.3 Å². The molecule has 43 heavy (non-hydrogen) atoms. The van der Waals surface area contributed by atoms with Crippen LogP contribution < -0.4 is 0 Å². The van der Waals surface area contributed by atoms with Gasteiger partial charge in [-0.05, 0) is 87.1 Å². The average Bonchev–Trinajstić information content (AvgIpc) is 3.66. The number of alkyl halides is 3. The molecule has 8 heteroatoms. The molecule has 1 aliphatic heterocycles. The lowest BCUT2D eigenvalue weighted by atomic mass is 9.96. The monoisotopic (exact) mass is 588 g/mol. The first-order valence-electron chi connectivity index (χ1n) is 14.8. The van der Waals surface area contributed by atoms with Crippen LogP contribution in [0.4, 0.5) is 17.6 Å². The molecule has 0 unspecified atom stereocenters. The predicted molar refractivity (Wildman–Crippen MR) is 163 cm³/mol. The summed E-state index contributed by atoms with van der Waals surface area (Å²) in [6, 6.07) is 13.9. The minimum absolute atomic E-state index is 0.291. The van der Waals surface area contributed by atoms with Gasteiger partial charge in [0.2, 0.25) is 0 Å². The Bertz CT molecular complexity index is 1840. The number of nitrogens with zero attached hydrogens (tertiary/aromatic N) is 3. The van der Waals surface area contributed by atoms with Gasteiger partial charge in [0.1, 0.15) is 5.82 Å². The summed E-state index contributed by atoms with van der Waals surface area (Å²) in [7, 11) is 0. The summed E-state index contributed by atoms with van der Waals surface area (Å²) in [4.78, 5) is 5.47. The Morgan fingerprint density at radius 1 is 0.953 bits per heavy atom. The maximum atomic E-state index is 15.5. The van der Waals surface area contributed by atoms with Crippen LogP contribution in [0.25, 0.3) is 27.8 Å². The molecule has 0 saturated heterocycles. The van der Waals surface area contributed by atoms with Crippen molar-refractivity contribution in [1.29, 1.82) is 0 Å². The summed E-state index contributed by atoms with van der Waals surface area (Å²) in [6.07, 6.45) is -0.915. The normalized spacial score (nSPS) is 15.0. The first kappa shape index (κ1) is 29.2. The number of aromatic amines is 1. The summed E-state index contributed by atoms with van der Waals surface area (Å²) >= 11 is 0. The number of nitrogens with one attached hydrogen (secondary N) is 1. The van der Waals surface area contributed by atoms with E-state index in [1.807, 2.05) is 16.9 Å². The van der Waals surface area contributed by atoms with Crippen molar-refractivity contribution >= 4 is 10.9 Å². The van der Waals surface area contributed by atoms with Crippen LogP contribution in [0.3, 0.4) is 0 Å². The van der Waals surface area contributed by atoms with Gasteiger partial charge in [-0.25, -0.2) is 9.07 Å². The zero-order chi connectivity index (χ0) is 30.8. The van der Waals surface area contributed by atoms with Crippen molar-refractivity contribution in [3.05, 3.63) is 105 Å². The lowest BCUT2D eigenvalue weighted by Gasteiger charge is -2.32. The minimum atomic E-state index is -4.38. The van der Waals surface area contributed by atoms with Crippen LogP contribution in [-0.2, 0) is 37.6 Å². The molecule has 4 nitrogen and oxygen atoms in total. The fourth-order valence-corrected chi connectivity index (χ4v) is 6.60. The molecule has 0 atom stereocenters. The molecular formula is C35H36F4N4. The van der Waals surface area contributed by atoms with E-state index < -0.39 is 17.3 Å². The molecule has 1 aliphatic rings. The fourth-order valence-electron chi connectivity index (χ4n) is 6.60. The van der Waals surface area contributed by atoms with Crippen molar-refractivity contribution < 1.29 is 17.6 Å². The van der Waals surface area contributed by atoms with Gasteiger partial charge in [0, 0.05) is 41.4 Å². The van der Waals surface area contributed by atoms with E-state index in [9.17, 15) is 13.2 Å². The zero-order valence-corrected chi connectivity index (χ0v) is 25.4. The Morgan fingerprint density at radius 3 is 2.28 bits per heavy atom. The van der Waals surface area contributed by atoms with Gasteiger partial charge in [0.15, 0.2) is 0 Å². The quantitative estimate of drug-likeness (QED) is 0.201. The van der Waals surface area contributed by atoms with Gasteiger partial charge in [-0.3, -0.25) is 4.90 Å². The summed E-state index contributed by atoms with van der Waals surface area (Å²) in [5, 5.41) is 6.23. The number of aromatic nitrogens is 3. The van der Waals surface area contributed by atoms with Crippen LogP contribution in [0.5, 0.6) is 0 Å². The number of para-hydroxylation sites is 1. The van der Waals surface area contributed by atoms with Crippen molar-refractivity contribution in [3.8, 4) is 16.9 Å². The van der Waals surface area contributed by atoms with Crippen LogP contribution in [0.1, 0.15) is 72.3 Å². The van der Waals surface area contributed by atoms with Crippen LogP contribution in [0.15, 0.2) is 54.7 Å². The largest absolute Gasteiger partial charge is 0.416 e. The van der Waals surface area contributed by atoms with Crippen LogP contribution >= 0.6 is 0 Å². The fraction of sp³-hybridized carbons (Fsp3) is 0.343. The third-order valence-electron chi connectivity index (χ3n) is 9.21. The second-order valence-corrected chi connectivity index (χ2v) is 12.1. The Kier molecular flexibility index (Phi) is 7.03. The standard InChI is InChI=1S/C35H36F4N4/c1-7-22-10-9-11-23(8-2)31(22)43-32(27-17-29(36)21(4)30-26(27)14-15-40-30)28-19-42(34(5,6)33(28)41-43)18-24-12-13-25(16-20(24)3)35(37,38)39/h9-17,40H,7-8,18-19H2,1-6H3. The summed E-state index contributed by atoms with van der Waals surface area (Å²) in [5.41, 5.74) is 8.45. The minimum Gasteiger partial charge on any atom is -0.361 e. The Labute approximate surface area is 249 Å². The summed E-state index contributed by atoms with van der Waals surface area (Å²) in [6.45, 7) is 12.9. The highest BCUT2D eigenvalue weighted by molar-refractivity contribution is 5.97. The van der Waals surface area contributed by atoms with E-state index in [1.165, 1.54) is 6.07 Å². The molecule has 224 valence electrons. The number of benzene rings is 3. The number of hydrogen-bond donors (Lipinski definition) is 1. The highest BCUT2D eigenvalue weighted by Gasteiger charge is 2.43. The van der Waals surface area contributed by atoms with Crippen molar-refractivity contribution in [2.24, 2.45) is 0 Å². The third kappa shape index (κ3) is 4.67. The molecule has 1 N–H and O–H groups in total. The molecule has 0 saturated carbocycles. The van der Waals surface area contributed by atoms with E-state index in [0.717, 1.165) is 74.7 Å². The van der Waals surface area contributed by atoms with Crippen molar-refractivity contribution in [3.63, 3.8) is 0 Å². The summed E-state index contributed by atoms with van der Waals surface area (Å²) in [5.74, 6) is -0.291. The maximum Gasteiger partial charge on any atom is 0.416 e. The zero-order valence-electron chi connectivity index (χ0n) is 25.4. The SMILES string of the molecule is CCc1cccc(CC)c1-n1nc2c(c1-c1cc(F)c(C)c3[nH]ccc13)CN(Cc1ccc(C(F)(F)F)cc1C)C2(C)C. The molecule has 2 aromatic heterocycles. The van der Waals surface area contributed by atoms with Gasteiger partial charge in [-0.15, -0.1) is 0 Å². The first-order valence-corrected chi connectivity index (χ1v) is 14.8. The molecule has 0 fully saturated rings. The van der Waals surface area contributed by atoms with E-state index in [2.05, 4.69) is 55.8 Å². The summed E-state index contributed by atoms with van der Waals surface area (Å²) < 4.78 is 57.6. The molecule has 5 aromatic rings. The molecular weight excluding hydrogens is 552 g/mol. The third-order valence-corrected chi connectivity index (χ3v) is 9.21. The van der Waals surface area contributed by atoms with Crippen LogP contribution in [-0.4, -0.2) is 19.7 Å². The van der Waals surface area contributed by atoms with E-state index in [-0.39, 0.29) is 5.82 Å². The van der Waals surface area contributed by atoms with Crippen molar-refractivity contribution in [2.75, 3.05) is 0 Å². The molecule has 0 radical (unpaired) electrons. The molecule has 0 bridgehead atoms. The maximum absolute atomic E-state index is 15.5. The van der Waals surface area contributed by atoms with Crippen LogP contribution in [0, 0.1) is 19.7 Å². The number of fused-ring (bicyclic) bond motifs is 2. The lowest BCUT2D eigenvalue weighted by molar-refractivity contribution is -0.137. The average molecular weight is 589 g/mol. The Balaban J connectivity index is 1.55. The number of aryl methyl sites for hydroxylation is 4. The number of hydrogen-bond acceptors (Lipinski definition) is 2. The topological polar surface area (TPSA) is 36.9 Å². The second-order valence-electron chi connectivity index (χ2n) is 12.1.